The fourth-order valence-electron chi connectivity index (χ4n) is 4.54. The number of pyridine rings is 1. The molecule has 38 heavy (non-hydrogen) atoms. The summed E-state index contributed by atoms with van der Waals surface area (Å²) in [6.07, 6.45) is 0.999. The van der Waals surface area contributed by atoms with Gasteiger partial charge in [0.2, 0.25) is 0 Å². The highest BCUT2D eigenvalue weighted by atomic mass is 16.6. The summed E-state index contributed by atoms with van der Waals surface area (Å²) in [6, 6.07) is 31.9. The molecule has 0 unspecified atom stereocenters. The molecule has 0 spiro atoms. The standard InChI is InChI=1S/C32H35N3O3/c1-23-12-17-29(34-21-23)27-15-13-25(14-16-27)18-28(38-32(33)37)20-31(36)30(19-24-8-4-2-5-9-24)35-22-26-10-6-3-7-11-26/h2-17,21,28,30-31,35-36H,18-20,22H2,1H3,(H2,33,37)/t28-,30-,31-/m0/s1. The number of benzene rings is 3. The van der Waals surface area contributed by atoms with Gasteiger partial charge in [0.15, 0.2) is 0 Å². The van der Waals surface area contributed by atoms with Crippen LogP contribution in [-0.2, 0) is 24.1 Å². The highest BCUT2D eigenvalue weighted by Crippen LogP contribution is 2.21. The van der Waals surface area contributed by atoms with Gasteiger partial charge in [0.25, 0.3) is 0 Å². The number of hydrogen-bond donors (Lipinski definition) is 3. The summed E-state index contributed by atoms with van der Waals surface area (Å²) in [7, 11) is 0. The summed E-state index contributed by atoms with van der Waals surface area (Å²) in [5.41, 5.74) is 11.6. The first-order chi connectivity index (χ1) is 18.5. The Labute approximate surface area is 224 Å². The van der Waals surface area contributed by atoms with Crippen LogP contribution in [0.1, 0.15) is 28.7 Å². The molecule has 0 saturated carbocycles. The minimum Gasteiger partial charge on any atom is -0.446 e. The zero-order chi connectivity index (χ0) is 26.7. The smallest absolute Gasteiger partial charge is 0.404 e. The number of aryl methyl sites for hydroxylation is 1. The van der Waals surface area contributed by atoms with Gasteiger partial charge in [-0.05, 0) is 41.7 Å². The Hall–Kier alpha value is -4.00. The third kappa shape index (κ3) is 8.26. The van der Waals surface area contributed by atoms with Crippen molar-refractivity contribution in [2.45, 2.75) is 51.0 Å². The van der Waals surface area contributed by atoms with Crippen LogP contribution >= 0.6 is 0 Å². The Kier molecular flexibility index (Phi) is 9.62. The van der Waals surface area contributed by atoms with Crippen LogP contribution in [0.2, 0.25) is 0 Å². The lowest BCUT2D eigenvalue weighted by atomic mass is 9.94. The Morgan fingerprint density at radius 1 is 0.868 bits per heavy atom. The number of nitrogens with zero attached hydrogens (tertiary/aromatic N) is 1. The summed E-state index contributed by atoms with van der Waals surface area (Å²) in [5, 5.41) is 14.8. The van der Waals surface area contributed by atoms with E-state index in [9.17, 15) is 9.90 Å². The Balaban J connectivity index is 1.45. The molecular formula is C32H35N3O3. The molecule has 0 bridgehead atoms. The number of hydrogen-bond acceptors (Lipinski definition) is 5. The van der Waals surface area contributed by atoms with Gasteiger partial charge in [0.05, 0.1) is 11.8 Å². The Morgan fingerprint density at radius 2 is 1.50 bits per heavy atom. The molecule has 1 amide bonds. The van der Waals surface area contributed by atoms with Crippen molar-refractivity contribution in [1.82, 2.24) is 10.3 Å². The number of amides is 1. The molecule has 6 heteroatoms. The van der Waals surface area contributed by atoms with E-state index in [1.807, 2.05) is 110 Å². The molecule has 1 aromatic heterocycles. The number of aliphatic hydroxyl groups excluding tert-OH is 1. The maximum Gasteiger partial charge on any atom is 0.404 e. The number of aliphatic hydroxyl groups is 1. The molecule has 0 aliphatic rings. The van der Waals surface area contributed by atoms with Crippen molar-refractivity contribution in [3.8, 4) is 11.3 Å². The average molecular weight is 510 g/mol. The van der Waals surface area contributed by atoms with E-state index in [1.165, 1.54) is 0 Å². The summed E-state index contributed by atoms with van der Waals surface area (Å²) in [6.45, 7) is 2.63. The number of nitrogens with one attached hydrogen (secondary N) is 1. The normalized spacial score (nSPS) is 13.4. The average Bonchev–Trinajstić information content (AvgIpc) is 2.92. The highest BCUT2D eigenvalue weighted by Gasteiger charge is 2.25. The second kappa shape index (κ2) is 13.5. The van der Waals surface area contributed by atoms with Crippen LogP contribution in [0.4, 0.5) is 4.79 Å². The first-order valence-electron chi connectivity index (χ1n) is 12.9. The van der Waals surface area contributed by atoms with E-state index >= 15 is 0 Å². The predicted molar refractivity (Wildman–Crippen MR) is 150 cm³/mol. The number of aromatic nitrogens is 1. The maximum absolute atomic E-state index is 11.7. The zero-order valence-corrected chi connectivity index (χ0v) is 21.7. The molecule has 4 N–H and O–H groups in total. The van der Waals surface area contributed by atoms with Crippen molar-refractivity contribution in [3.63, 3.8) is 0 Å². The fourth-order valence-corrected chi connectivity index (χ4v) is 4.54. The van der Waals surface area contributed by atoms with Crippen molar-refractivity contribution in [1.29, 1.82) is 0 Å². The third-order valence-electron chi connectivity index (χ3n) is 6.59. The van der Waals surface area contributed by atoms with E-state index in [4.69, 9.17) is 10.5 Å². The molecule has 0 aliphatic heterocycles. The molecule has 0 aliphatic carbocycles. The number of carbonyl (C=O) groups excluding carboxylic acids is 1. The predicted octanol–water partition coefficient (Wildman–Crippen LogP) is 5.22. The number of carbonyl (C=O) groups is 1. The zero-order valence-electron chi connectivity index (χ0n) is 21.7. The van der Waals surface area contributed by atoms with Crippen molar-refractivity contribution in [3.05, 3.63) is 126 Å². The van der Waals surface area contributed by atoms with Gasteiger partial charge in [0, 0.05) is 37.2 Å². The Bertz CT molecular complexity index is 1260. The van der Waals surface area contributed by atoms with Crippen LogP contribution in [-0.4, -0.2) is 34.4 Å². The molecule has 0 saturated heterocycles. The molecule has 4 aromatic rings. The van der Waals surface area contributed by atoms with Crippen LogP contribution in [0.5, 0.6) is 0 Å². The van der Waals surface area contributed by atoms with Gasteiger partial charge in [0.1, 0.15) is 6.10 Å². The number of nitrogens with two attached hydrogens (primary N) is 1. The van der Waals surface area contributed by atoms with Gasteiger partial charge in [-0.1, -0.05) is 91.0 Å². The van der Waals surface area contributed by atoms with E-state index in [2.05, 4.69) is 10.3 Å². The molecule has 3 atom stereocenters. The van der Waals surface area contributed by atoms with Gasteiger partial charge in [-0.3, -0.25) is 4.98 Å². The van der Waals surface area contributed by atoms with Crippen LogP contribution < -0.4 is 11.1 Å². The topological polar surface area (TPSA) is 97.5 Å². The second-order valence-electron chi connectivity index (χ2n) is 9.65. The number of ether oxygens (including phenoxy) is 1. The van der Waals surface area contributed by atoms with Crippen molar-refractivity contribution >= 4 is 6.09 Å². The summed E-state index contributed by atoms with van der Waals surface area (Å²) < 4.78 is 5.45. The van der Waals surface area contributed by atoms with Crippen LogP contribution in [0, 0.1) is 6.92 Å². The van der Waals surface area contributed by atoms with E-state index < -0.39 is 18.3 Å². The Morgan fingerprint density at radius 3 is 2.11 bits per heavy atom. The van der Waals surface area contributed by atoms with E-state index in [1.54, 1.807) is 0 Å². The first kappa shape index (κ1) is 27.0. The van der Waals surface area contributed by atoms with Crippen molar-refractivity contribution in [2.24, 2.45) is 5.73 Å². The monoisotopic (exact) mass is 509 g/mol. The third-order valence-corrected chi connectivity index (χ3v) is 6.59. The maximum atomic E-state index is 11.7. The first-order valence-corrected chi connectivity index (χ1v) is 12.9. The number of rotatable bonds is 12. The van der Waals surface area contributed by atoms with E-state index in [-0.39, 0.29) is 12.5 Å². The van der Waals surface area contributed by atoms with Crippen molar-refractivity contribution < 1.29 is 14.6 Å². The summed E-state index contributed by atoms with van der Waals surface area (Å²) in [5.74, 6) is 0. The van der Waals surface area contributed by atoms with Crippen LogP contribution in [0.25, 0.3) is 11.3 Å². The van der Waals surface area contributed by atoms with E-state index in [0.29, 0.717) is 19.4 Å². The second-order valence-corrected chi connectivity index (χ2v) is 9.65. The number of primary amides is 1. The lowest BCUT2D eigenvalue weighted by Crippen LogP contribution is -2.44. The van der Waals surface area contributed by atoms with Crippen molar-refractivity contribution in [2.75, 3.05) is 0 Å². The fraction of sp³-hybridized carbons (Fsp3) is 0.250. The minimum atomic E-state index is -0.848. The molecule has 196 valence electrons. The van der Waals surface area contributed by atoms with E-state index in [0.717, 1.165) is 33.5 Å². The van der Waals surface area contributed by atoms with Gasteiger partial charge in [-0.25, -0.2) is 4.79 Å². The van der Waals surface area contributed by atoms with Gasteiger partial charge < -0.3 is 20.9 Å². The lowest BCUT2D eigenvalue weighted by Gasteiger charge is -2.28. The molecule has 0 fully saturated rings. The molecule has 4 rings (SSSR count). The lowest BCUT2D eigenvalue weighted by molar-refractivity contribution is 0.0420. The minimum absolute atomic E-state index is 0.244. The molecule has 0 radical (unpaired) electrons. The molecule has 1 heterocycles. The molecule has 6 nitrogen and oxygen atoms in total. The van der Waals surface area contributed by atoms with Crippen LogP contribution in [0.3, 0.4) is 0 Å². The van der Waals surface area contributed by atoms with Gasteiger partial charge in [-0.15, -0.1) is 0 Å². The largest absolute Gasteiger partial charge is 0.446 e. The van der Waals surface area contributed by atoms with Gasteiger partial charge in [-0.2, -0.15) is 0 Å². The summed E-state index contributed by atoms with van der Waals surface area (Å²) in [4.78, 5) is 16.2. The van der Waals surface area contributed by atoms with Gasteiger partial charge >= 0.3 is 6.09 Å². The highest BCUT2D eigenvalue weighted by molar-refractivity contribution is 5.65. The van der Waals surface area contributed by atoms with Crippen LogP contribution in [0.15, 0.2) is 103 Å². The SMILES string of the molecule is Cc1ccc(-c2ccc(C[C@@H](C[C@H](O)[C@H](Cc3ccccc3)NCc3ccccc3)OC(N)=O)cc2)nc1. The summed E-state index contributed by atoms with van der Waals surface area (Å²) >= 11 is 0. The molecular weight excluding hydrogens is 474 g/mol. The molecule has 3 aromatic carbocycles. The quantitative estimate of drug-likeness (QED) is 0.243.